The van der Waals surface area contributed by atoms with Crippen LogP contribution in [-0.4, -0.2) is 62.3 Å². The molecule has 1 aromatic rings. The average Bonchev–Trinajstić information content (AvgIpc) is 2.83. The van der Waals surface area contributed by atoms with Crippen LogP contribution in [0.1, 0.15) is 39.4 Å². The van der Waals surface area contributed by atoms with Crippen molar-refractivity contribution in [2.75, 3.05) is 45.7 Å². The molecule has 0 saturated heterocycles. The molecule has 0 spiro atoms. The molecule has 0 bridgehead atoms. The number of nitrogens with one attached hydrogen (secondary N) is 2. The minimum atomic E-state index is -0.495. The summed E-state index contributed by atoms with van der Waals surface area (Å²) in [7, 11) is 3.93. The average molecular weight is 388 g/mol. The lowest BCUT2D eigenvalue weighted by Crippen LogP contribution is -2.34. The molecule has 0 aliphatic heterocycles. The van der Waals surface area contributed by atoms with Crippen molar-refractivity contribution in [2.45, 2.75) is 20.8 Å². The van der Waals surface area contributed by atoms with Crippen LogP contribution in [0.5, 0.6) is 0 Å². The summed E-state index contributed by atoms with van der Waals surface area (Å²) in [6, 6.07) is 0. The van der Waals surface area contributed by atoms with Crippen molar-refractivity contribution in [3.05, 3.63) is 16.0 Å². The van der Waals surface area contributed by atoms with Crippen molar-refractivity contribution in [2.24, 2.45) is 0 Å². The molecule has 0 unspecified atom stereocenters. The molecule has 0 aliphatic carbocycles. The molecule has 2 N–H and O–H groups in total. The molecule has 0 fully saturated rings. The van der Waals surface area contributed by atoms with Crippen LogP contribution in [0.3, 0.4) is 0 Å². The number of ether oxygens (including phenoxy) is 2. The van der Waals surface area contributed by atoms with E-state index in [-0.39, 0.29) is 13.2 Å². The van der Waals surface area contributed by atoms with Gasteiger partial charge in [0.2, 0.25) is 0 Å². The smallest absolute Gasteiger partial charge is 0.348 e. The van der Waals surface area contributed by atoms with Crippen LogP contribution in [0.2, 0.25) is 0 Å². The predicted molar refractivity (Wildman–Crippen MR) is 104 cm³/mol. The summed E-state index contributed by atoms with van der Waals surface area (Å²) < 4.78 is 10.2. The number of thiophene rings is 1. The fourth-order valence-corrected chi connectivity index (χ4v) is 3.34. The quantitative estimate of drug-likeness (QED) is 0.519. The van der Waals surface area contributed by atoms with Crippen LogP contribution in [0, 0.1) is 6.92 Å². The largest absolute Gasteiger partial charge is 0.462 e. The Kier molecular flexibility index (Phi) is 8.81. The van der Waals surface area contributed by atoms with Gasteiger partial charge in [0.1, 0.15) is 9.88 Å². The summed E-state index contributed by atoms with van der Waals surface area (Å²) in [4.78, 5) is 26.8. The minimum Gasteiger partial charge on any atom is -0.462 e. The normalized spacial score (nSPS) is 10.5. The Morgan fingerprint density at radius 3 is 2.32 bits per heavy atom. The lowest BCUT2D eigenvalue weighted by molar-refractivity contribution is 0.0527. The fraction of sp³-hybridized carbons (Fsp3) is 0.562. The van der Waals surface area contributed by atoms with Gasteiger partial charge in [-0.3, -0.25) is 0 Å². The summed E-state index contributed by atoms with van der Waals surface area (Å²) in [5.74, 6) is -0.958. The SMILES string of the molecule is CCOC(=O)c1sc(NC(=S)NCCN(C)C)c(C(=O)OCC)c1C. The first kappa shape index (κ1) is 21.3. The Morgan fingerprint density at radius 1 is 1.16 bits per heavy atom. The number of carbonyl (C=O) groups is 2. The second-order valence-electron chi connectivity index (χ2n) is 5.39. The van der Waals surface area contributed by atoms with Gasteiger partial charge in [-0.25, -0.2) is 9.59 Å². The molecular formula is C16H25N3O4S2. The molecule has 0 saturated carbocycles. The molecular weight excluding hydrogens is 362 g/mol. The third kappa shape index (κ3) is 6.26. The molecule has 140 valence electrons. The second kappa shape index (κ2) is 10.3. The van der Waals surface area contributed by atoms with Gasteiger partial charge in [0.25, 0.3) is 0 Å². The first-order chi connectivity index (χ1) is 11.8. The van der Waals surface area contributed by atoms with E-state index in [1.807, 2.05) is 19.0 Å². The van der Waals surface area contributed by atoms with Crippen molar-refractivity contribution in [3.63, 3.8) is 0 Å². The molecule has 0 aromatic carbocycles. The maximum Gasteiger partial charge on any atom is 0.348 e. The van der Waals surface area contributed by atoms with Gasteiger partial charge in [-0.15, -0.1) is 11.3 Å². The number of rotatable bonds is 8. The standard InChI is InChI=1S/C16H25N3O4S2/c1-6-22-14(20)11-10(3)12(15(21)23-7-2)25-13(11)18-16(24)17-8-9-19(4)5/h6-9H2,1-5H3,(H2,17,18,24). The van der Waals surface area contributed by atoms with Gasteiger partial charge < -0.3 is 25.0 Å². The number of hydrogen-bond donors (Lipinski definition) is 2. The molecule has 1 aromatic heterocycles. The number of carbonyl (C=O) groups excluding carboxylic acids is 2. The summed E-state index contributed by atoms with van der Waals surface area (Å²) in [6.07, 6.45) is 0. The van der Waals surface area contributed by atoms with Crippen LogP contribution >= 0.6 is 23.6 Å². The minimum absolute atomic E-state index is 0.244. The zero-order valence-corrected chi connectivity index (χ0v) is 16.9. The van der Waals surface area contributed by atoms with Gasteiger partial charge in [0.05, 0.1) is 18.8 Å². The van der Waals surface area contributed by atoms with Gasteiger partial charge in [0.15, 0.2) is 5.11 Å². The van der Waals surface area contributed by atoms with E-state index in [2.05, 4.69) is 10.6 Å². The van der Waals surface area contributed by atoms with Crippen molar-refractivity contribution in [3.8, 4) is 0 Å². The van der Waals surface area contributed by atoms with E-state index in [1.165, 1.54) is 0 Å². The maximum absolute atomic E-state index is 12.3. The van der Waals surface area contributed by atoms with Crippen molar-refractivity contribution in [1.29, 1.82) is 0 Å². The van der Waals surface area contributed by atoms with Crippen LogP contribution in [0.15, 0.2) is 0 Å². The number of nitrogens with zero attached hydrogens (tertiary/aromatic N) is 1. The number of hydrogen-bond acceptors (Lipinski definition) is 7. The summed E-state index contributed by atoms with van der Waals surface area (Å²) in [5, 5.41) is 6.91. The van der Waals surface area contributed by atoms with Gasteiger partial charge in [-0.05, 0) is 52.6 Å². The van der Waals surface area contributed by atoms with Gasteiger partial charge in [-0.1, -0.05) is 0 Å². The summed E-state index contributed by atoms with van der Waals surface area (Å²) in [5.41, 5.74) is 0.840. The predicted octanol–water partition coefficient (Wildman–Crippen LogP) is 2.26. The van der Waals surface area contributed by atoms with Crippen LogP contribution < -0.4 is 10.6 Å². The van der Waals surface area contributed by atoms with Crippen molar-refractivity contribution in [1.82, 2.24) is 10.2 Å². The van der Waals surface area contributed by atoms with Gasteiger partial charge in [-0.2, -0.15) is 0 Å². The van der Waals surface area contributed by atoms with E-state index in [9.17, 15) is 9.59 Å². The molecule has 0 atom stereocenters. The van der Waals surface area contributed by atoms with E-state index < -0.39 is 11.9 Å². The third-order valence-corrected chi connectivity index (χ3v) is 4.59. The summed E-state index contributed by atoms with van der Waals surface area (Å²) >= 11 is 6.40. The monoisotopic (exact) mass is 387 g/mol. The lowest BCUT2D eigenvalue weighted by Gasteiger charge is -2.13. The third-order valence-electron chi connectivity index (χ3n) is 3.16. The number of likely N-dealkylation sites (N-methyl/N-ethyl adjacent to an activating group) is 1. The van der Waals surface area contributed by atoms with Gasteiger partial charge in [0, 0.05) is 13.1 Å². The molecule has 0 aliphatic rings. The van der Waals surface area contributed by atoms with Crippen LogP contribution in [-0.2, 0) is 9.47 Å². The zero-order chi connectivity index (χ0) is 19.0. The topological polar surface area (TPSA) is 79.9 Å². The van der Waals surface area contributed by atoms with Crippen LogP contribution in [0.4, 0.5) is 5.00 Å². The zero-order valence-electron chi connectivity index (χ0n) is 15.2. The molecule has 1 heterocycles. The molecule has 1 rings (SSSR count). The van der Waals surface area contributed by atoms with Crippen molar-refractivity contribution >= 4 is 45.6 Å². The summed E-state index contributed by atoms with van der Waals surface area (Å²) in [6.45, 7) is 7.13. The highest BCUT2D eigenvalue weighted by molar-refractivity contribution is 7.80. The first-order valence-electron chi connectivity index (χ1n) is 7.98. The Balaban J connectivity index is 3.02. The molecule has 9 heteroatoms. The number of anilines is 1. The van der Waals surface area contributed by atoms with Crippen LogP contribution in [0.25, 0.3) is 0 Å². The van der Waals surface area contributed by atoms with Gasteiger partial charge >= 0.3 is 11.9 Å². The lowest BCUT2D eigenvalue weighted by atomic mass is 10.1. The molecule has 7 nitrogen and oxygen atoms in total. The van der Waals surface area contributed by atoms with E-state index in [0.29, 0.717) is 32.7 Å². The second-order valence-corrected chi connectivity index (χ2v) is 6.81. The van der Waals surface area contributed by atoms with E-state index >= 15 is 0 Å². The Hall–Kier alpha value is -1.71. The molecule has 0 amide bonds. The Morgan fingerprint density at radius 2 is 1.76 bits per heavy atom. The molecule has 0 radical (unpaired) electrons. The maximum atomic E-state index is 12.3. The first-order valence-corrected chi connectivity index (χ1v) is 9.21. The molecule has 25 heavy (non-hydrogen) atoms. The highest BCUT2D eigenvalue weighted by Gasteiger charge is 2.26. The highest BCUT2D eigenvalue weighted by Crippen LogP contribution is 2.34. The van der Waals surface area contributed by atoms with E-state index in [1.54, 1.807) is 20.8 Å². The number of esters is 2. The van der Waals surface area contributed by atoms with E-state index in [4.69, 9.17) is 21.7 Å². The number of thiocarbonyl (C=S) groups is 1. The van der Waals surface area contributed by atoms with Crippen molar-refractivity contribution < 1.29 is 19.1 Å². The fourth-order valence-electron chi connectivity index (χ4n) is 1.98. The Labute approximate surface area is 157 Å². The van der Waals surface area contributed by atoms with E-state index in [0.717, 1.165) is 17.9 Å². The Bertz CT molecular complexity index is 629. The highest BCUT2D eigenvalue weighted by atomic mass is 32.1.